The smallest absolute Gasteiger partial charge is 0.266 e. The van der Waals surface area contributed by atoms with Gasteiger partial charge in [-0.1, -0.05) is 72.0 Å². The minimum atomic E-state index is -2.86. The first kappa shape index (κ1) is 32.1. The van der Waals surface area contributed by atoms with E-state index in [1.54, 1.807) is 54.6 Å². The lowest BCUT2D eigenvalue weighted by atomic mass is 9.87. The maximum atomic E-state index is 14.1. The van der Waals surface area contributed by atoms with Crippen molar-refractivity contribution in [3.63, 3.8) is 0 Å². The quantitative estimate of drug-likeness (QED) is 0.230. The Balaban J connectivity index is 1.61. The number of carbonyl (C=O) groups is 3. The lowest BCUT2D eigenvalue weighted by Crippen LogP contribution is -2.27. The van der Waals surface area contributed by atoms with E-state index in [0.29, 0.717) is 28.9 Å². The number of Topliss-reactive ketones (excluding diaryl/α,β-unsaturated/α-hetero) is 2. The number of nitrogens with one attached hydrogen (secondary N) is 1. The Morgan fingerprint density at radius 2 is 1.71 bits per heavy atom. The Morgan fingerprint density at radius 3 is 2.33 bits per heavy atom. The van der Waals surface area contributed by atoms with E-state index in [2.05, 4.69) is 21.2 Å². The third kappa shape index (κ3) is 7.77. The molecule has 10 heteroatoms. The molecule has 0 atom stereocenters. The third-order valence-electron chi connectivity index (χ3n) is 7.19. The summed E-state index contributed by atoms with van der Waals surface area (Å²) in [6, 6.07) is 15.1. The predicted molar refractivity (Wildman–Crippen MR) is 168 cm³/mol. The molecule has 1 N–H and O–H groups in total. The minimum Gasteiger partial charge on any atom is -0.365 e. The molecule has 1 amide bonds. The van der Waals surface area contributed by atoms with Crippen molar-refractivity contribution in [3.8, 4) is 0 Å². The topological polar surface area (TPSA) is 66.5 Å². The molecule has 1 heterocycles. The van der Waals surface area contributed by atoms with Crippen LogP contribution < -0.4 is 10.2 Å². The molecule has 1 aliphatic heterocycles. The van der Waals surface area contributed by atoms with E-state index in [4.69, 9.17) is 23.2 Å². The second kappa shape index (κ2) is 12.8. The van der Waals surface area contributed by atoms with Crippen molar-refractivity contribution in [2.24, 2.45) is 5.41 Å². The molecule has 0 radical (unpaired) electrons. The van der Waals surface area contributed by atoms with Gasteiger partial charge in [0.2, 0.25) is 0 Å². The first-order chi connectivity index (χ1) is 19.6. The van der Waals surface area contributed by atoms with Crippen LogP contribution in [0.1, 0.15) is 65.5 Å². The standard InChI is InChI=1S/C32H31BrCl2F2N2O3/c1-31(2,3)27(41)13-6-20-5-11-24(34)28(29(20)35)26(40)17-19-4-12-25(39-15-14-32(36,37)18-39)23(16-19)30(42)38-22-9-7-21(33)8-10-22/h4-5,7-12,16H,6,13-15,17-18H2,1-3H3,(H,38,42). The maximum Gasteiger partial charge on any atom is 0.266 e. The van der Waals surface area contributed by atoms with Crippen molar-refractivity contribution in [2.45, 2.75) is 52.4 Å². The zero-order valence-electron chi connectivity index (χ0n) is 23.5. The Hall–Kier alpha value is -2.81. The second-order valence-electron chi connectivity index (χ2n) is 11.5. The van der Waals surface area contributed by atoms with E-state index >= 15 is 0 Å². The van der Waals surface area contributed by atoms with Gasteiger partial charge in [0.25, 0.3) is 11.8 Å². The number of nitrogens with zero attached hydrogens (tertiary/aromatic N) is 1. The summed E-state index contributed by atoms with van der Waals surface area (Å²) in [5.41, 5.74) is 1.85. The highest BCUT2D eigenvalue weighted by atomic mass is 79.9. The van der Waals surface area contributed by atoms with Gasteiger partial charge in [0.15, 0.2) is 5.78 Å². The van der Waals surface area contributed by atoms with Crippen LogP contribution in [0.25, 0.3) is 0 Å². The van der Waals surface area contributed by atoms with Crippen molar-refractivity contribution in [1.29, 1.82) is 0 Å². The number of halogens is 5. The fourth-order valence-corrected chi connectivity index (χ4v) is 5.71. The van der Waals surface area contributed by atoms with Gasteiger partial charge in [-0.25, -0.2) is 8.78 Å². The largest absolute Gasteiger partial charge is 0.365 e. The van der Waals surface area contributed by atoms with E-state index in [1.807, 2.05) is 20.8 Å². The molecule has 0 unspecified atom stereocenters. The van der Waals surface area contributed by atoms with Gasteiger partial charge in [-0.05, 0) is 60.0 Å². The Bertz CT molecular complexity index is 1520. The van der Waals surface area contributed by atoms with Gasteiger partial charge in [0.05, 0.1) is 27.7 Å². The van der Waals surface area contributed by atoms with Gasteiger partial charge in [-0.15, -0.1) is 0 Å². The Morgan fingerprint density at radius 1 is 1.02 bits per heavy atom. The number of rotatable bonds is 9. The molecule has 0 saturated carbocycles. The fraction of sp³-hybridized carbons (Fsp3) is 0.344. The van der Waals surface area contributed by atoms with E-state index < -0.39 is 23.8 Å². The van der Waals surface area contributed by atoms with Crippen molar-refractivity contribution >= 4 is 68.0 Å². The van der Waals surface area contributed by atoms with Crippen LogP contribution in [-0.2, 0) is 17.6 Å². The van der Waals surface area contributed by atoms with E-state index in [0.717, 1.165) is 4.47 Å². The summed E-state index contributed by atoms with van der Waals surface area (Å²) in [4.78, 5) is 40.8. The first-order valence-corrected chi connectivity index (χ1v) is 15.1. The van der Waals surface area contributed by atoms with Crippen LogP contribution in [0.5, 0.6) is 0 Å². The normalized spacial score (nSPS) is 14.6. The molecule has 222 valence electrons. The molecule has 1 saturated heterocycles. The molecule has 1 aliphatic rings. The second-order valence-corrected chi connectivity index (χ2v) is 13.2. The lowest BCUT2D eigenvalue weighted by Gasteiger charge is -2.22. The van der Waals surface area contributed by atoms with Crippen molar-refractivity contribution < 1.29 is 23.2 Å². The highest BCUT2D eigenvalue weighted by Crippen LogP contribution is 2.35. The van der Waals surface area contributed by atoms with Gasteiger partial charge in [0, 0.05) is 47.1 Å². The number of carbonyl (C=O) groups excluding carboxylic acids is 3. The van der Waals surface area contributed by atoms with Gasteiger partial charge < -0.3 is 10.2 Å². The first-order valence-electron chi connectivity index (χ1n) is 13.5. The maximum absolute atomic E-state index is 14.1. The highest BCUT2D eigenvalue weighted by molar-refractivity contribution is 9.10. The number of amides is 1. The summed E-state index contributed by atoms with van der Waals surface area (Å²) >= 11 is 16.4. The zero-order valence-corrected chi connectivity index (χ0v) is 26.6. The van der Waals surface area contributed by atoms with E-state index in [9.17, 15) is 23.2 Å². The molecule has 3 aromatic carbocycles. The van der Waals surface area contributed by atoms with Gasteiger partial charge in [-0.2, -0.15) is 0 Å². The molecule has 0 aromatic heterocycles. The Kier molecular flexibility index (Phi) is 9.80. The number of hydrogen-bond acceptors (Lipinski definition) is 4. The fourth-order valence-electron chi connectivity index (χ4n) is 4.77. The number of hydrogen-bond donors (Lipinski definition) is 1. The summed E-state index contributed by atoms with van der Waals surface area (Å²) in [6.07, 6.45) is 0.197. The average molecular weight is 680 g/mol. The highest BCUT2D eigenvalue weighted by Gasteiger charge is 2.39. The summed E-state index contributed by atoms with van der Waals surface area (Å²) in [5.74, 6) is -3.64. The minimum absolute atomic E-state index is 0.0752. The number of benzene rings is 3. The zero-order chi connectivity index (χ0) is 30.8. The summed E-state index contributed by atoms with van der Waals surface area (Å²) in [6.45, 7) is 5.14. The lowest BCUT2D eigenvalue weighted by molar-refractivity contribution is -0.126. The van der Waals surface area contributed by atoms with Crippen LogP contribution >= 0.6 is 39.1 Å². The third-order valence-corrected chi connectivity index (χ3v) is 8.47. The molecular weight excluding hydrogens is 649 g/mol. The van der Waals surface area contributed by atoms with Gasteiger partial charge >= 0.3 is 0 Å². The van der Waals surface area contributed by atoms with Gasteiger partial charge in [0.1, 0.15) is 5.78 Å². The molecular formula is C32H31BrCl2F2N2O3. The van der Waals surface area contributed by atoms with Crippen LogP contribution in [0.3, 0.4) is 0 Å². The average Bonchev–Trinajstić information content (AvgIpc) is 3.28. The van der Waals surface area contributed by atoms with Crippen LogP contribution in [0, 0.1) is 5.41 Å². The Labute approximate surface area is 262 Å². The molecule has 4 rings (SSSR count). The molecule has 0 bridgehead atoms. The van der Waals surface area contributed by atoms with E-state index in [-0.39, 0.29) is 58.5 Å². The van der Waals surface area contributed by atoms with Crippen molar-refractivity contribution in [2.75, 3.05) is 23.3 Å². The summed E-state index contributed by atoms with van der Waals surface area (Å²) in [7, 11) is 0. The summed E-state index contributed by atoms with van der Waals surface area (Å²) in [5, 5.41) is 3.19. The van der Waals surface area contributed by atoms with Gasteiger partial charge in [-0.3, -0.25) is 14.4 Å². The predicted octanol–water partition coefficient (Wildman–Crippen LogP) is 8.83. The molecule has 5 nitrogen and oxygen atoms in total. The van der Waals surface area contributed by atoms with Crippen molar-refractivity contribution in [1.82, 2.24) is 0 Å². The number of alkyl halides is 2. The molecule has 3 aromatic rings. The molecule has 0 aliphatic carbocycles. The SMILES string of the molecule is CC(C)(C)C(=O)CCc1ccc(Cl)c(C(=O)Cc2ccc(N3CCC(F)(F)C3)c(C(=O)Nc3ccc(Br)cc3)c2)c1Cl. The monoisotopic (exact) mass is 678 g/mol. The van der Waals surface area contributed by atoms with Crippen LogP contribution in [0.15, 0.2) is 59.1 Å². The van der Waals surface area contributed by atoms with Crippen LogP contribution in [0.4, 0.5) is 20.2 Å². The molecule has 1 fully saturated rings. The van der Waals surface area contributed by atoms with Crippen LogP contribution in [-0.4, -0.2) is 36.5 Å². The van der Waals surface area contributed by atoms with Crippen LogP contribution in [0.2, 0.25) is 10.0 Å². The van der Waals surface area contributed by atoms with E-state index in [1.165, 1.54) is 4.90 Å². The summed E-state index contributed by atoms with van der Waals surface area (Å²) < 4.78 is 29.0. The molecule has 42 heavy (non-hydrogen) atoms. The van der Waals surface area contributed by atoms with Crippen molar-refractivity contribution in [3.05, 3.63) is 91.4 Å². The molecule has 0 spiro atoms. The number of anilines is 2. The number of ketones is 2. The number of aryl methyl sites for hydroxylation is 1.